The molecule has 1 aromatic rings. The van der Waals surface area contributed by atoms with E-state index >= 15 is 0 Å². The highest BCUT2D eigenvalue weighted by molar-refractivity contribution is 5.94. The molecule has 3 aliphatic heterocycles. The van der Waals surface area contributed by atoms with Crippen molar-refractivity contribution in [1.82, 2.24) is 25.3 Å². The van der Waals surface area contributed by atoms with Gasteiger partial charge in [-0.3, -0.25) is 24.2 Å². The van der Waals surface area contributed by atoms with Crippen molar-refractivity contribution in [2.75, 3.05) is 33.3 Å². The third-order valence-corrected chi connectivity index (χ3v) is 9.88. The van der Waals surface area contributed by atoms with E-state index < -0.39 is 35.7 Å². The molecule has 2 saturated heterocycles. The molecule has 0 aromatic heterocycles. The molecule has 5 atom stereocenters. The summed E-state index contributed by atoms with van der Waals surface area (Å²) in [4.78, 5) is 60.4. The van der Waals surface area contributed by atoms with Gasteiger partial charge in [0.1, 0.15) is 29.5 Å². The van der Waals surface area contributed by atoms with Crippen molar-refractivity contribution >= 4 is 23.8 Å². The van der Waals surface area contributed by atoms with Crippen LogP contribution < -0.4 is 15.4 Å². The number of hydrogen-bond acceptors (Lipinski definition) is 7. The van der Waals surface area contributed by atoms with Crippen LogP contribution in [0.15, 0.2) is 24.3 Å². The Balaban J connectivity index is 1.36. The quantitative estimate of drug-likeness (QED) is 0.475. The number of para-hydroxylation sites is 1. The second kappa shape index (κ2) is 14.0. The first-order chi connectivity index (χ1) is 21.4. The molecule has 0 bridgehead atoms. The lowest BCUT2D eigenvalue weighted by atomic mass is 9.82. The average Bonchev–Trinajstić information content (AvgIpc) is 3.49. The van der Waals surface area contributed by atoms with Crippen molar-refractivity contribution in [2.45, 2.75) is 115 Å². The number of nitrogens with zero attached hydrogens (tertiary/aromatic N) is 3. The Morgan fingerprint density at radius 3 is 2.47 bits per heavy atom. The van der Waals surface area contributed by atoms with Gasteiger partial charge in [0.05, 0.1) is 12.6 Å². The molecule has 11 nitrogen and oxygen atoms in total. The number of carbonyl (C=O) groups excluding carboxylic acids is 4. The minimum absolute atomic E-state index is 0.0399. The molecule has 45 heavy (non-hydrogen) atoms. The molecule has 11 heteroatoms. The summed E-state index contributed by atoms with van der Waals surface area (Å²) in [7, 11) is 1.53. The van der Waals surface area contributed by atoms with Gasteiger partial charge in [-0.05, 0) is 71.9 Å². The van der Waals surface area contributed by atoms with E-state index in [2.05, 4.69) is 15.5 Å². The molecule has 0 radical (unpaired) electrons. The molecule has 2 N–H and O–H groups in total. The van der Waals surface area contributed by atoms with Crippen molar-refractivity contribution < 1.29 is 28.7 Å². The molecule has 1 aromatic carbocycles. The smallest absolute Gasteiger partial charge is 0.410 e. The predicted octanol–water partition coefficient (Wildman–Crippen LogP) is 3.62. The topological polar surface area (TPSA) is 121 Å². The van der Waals surface area contributed by atoms with Crippen molar-refractivity contribution in [2.24, 2.45) is 5.92 Å². The van der Waals surface area contributed by atoms with Crippen LogP contribution in [0.25, 0.3) is 0 Å². The van der Waals surface area contributed by atoms with E-state index in [0.29, 0.717) is 26.1 Å². The minimum Gasteiger partial charge on any atom is -0.493 e. The molecule has 0 spiro atoms. The van der Waals surface area contributed by atoms with E-state index in [0.717, 1.165) is 62.8 Å². The van der Waals surface area contributed by atoms with Gasteiger partial charge in [-0.1, -0.05) is 37.5 Å². The summed E-state index contributed by atoms with van der Waals surface area (Å²) in [6.45, 7) is 9.31. The van der Waals surface area contributed by atoms with Crippen molar-refractivity contribution in [3.8, 4) is 5.75 Å². The molecule has 3 fully saturated rings. The molecule has 3 heterocycles. The summed E-state index contributed by atoms with van der Waals surface area (Å²) >= 11 is 0. The van der Waals surface area contributed by atoms with E-state index in [4.69, 9.17) is 9.47 Å². The number of carbonyl (C=O) groups is 4. The maximum Gasteiger partial charge on any atom is 0.410 e. The summed E-state index contributed by atoms with van der Waals surface area (Å²) in [5.74, 6) is -0.0621. The Hall–Kier alpha value is -3.34. The van der Waals surface area contributed by atoms with Crippen molar-refractivity contribution in [3.63, 3.8) is 0 Å². The maximum atomic E-state index is 14.6. The van der Waals surface area contributed by atoms with Gasteiger partial charge >= 0.3 is 6.09 Å². The minimum atomic E-state index is -0.849. The first kappa shape index (κ1) is 33.0. The standard InChI is InChI=1S/C34H51N5O6/c1-22(37(5)33(43)45-34(2,3)4)30(40)36-29(23-12-7-6-8-13-23)32(42)39-20-24-14-11-18-38(24)21-27(39)31(41)35-26-17-19-44-28-16-10-9-15-25(26)28/h9-10,15-16,22-24,26-27,29H,6-8,11-14,17-21H2,1-5H3,(H,35,41)(H,36,40)/t22-,24+,26+,27-,29-/m0/s1. The van der Waals surface area contributed by atoms with Gasteiger partial charge in [0.15, 0.2) is 0 Å². The van der Waals surface area contributed by atoms with Crippen LogP contribution in [0.1, 0.15) is 90.7 Å². The fourth-order valence-electron chi connectivity index (χ4n) is 7.21. The zero-order valence-electron chi connectivity index (χ0n) is 27.5. The molecule has 4 amide bonds. The highest BCUT2D eigenvalue weighted by Gasteiger charge is 2.46. The van der Waals surface area contributed by atoms with Gasteiger partial charge in [-0.15, -0.1) is 0 Å². The molecule has 0 unspecified atom stereocenters. The van der Waals surface area contributed by atoms with E-state index in [9.17, 15) is 19.2 Å². The third-order valence-electron chi connectivity index (χ3n) is 9.88. The highest BCUT2D eigenvalue weighted by Crippen LogP contribution is 2.33. The summed E-state index contributed by atoms with van der Waals surface area (Å²) in [6, 6.07) is 5.45. The summed E-state index contributed by atoms with van der Waals surface area (Å²) in [6.07, 6.45) is 6.78. The summed E-state index contributed by atoms with van der Waals surface area (Å²) in [5, 5.41) is 6.30. The first-order valence-corrected chi connectivity index (χ1v) is 16.8. The number of fused-ring (bicyclic) bond motifs is 2. The number of nitrogens with one attached hydrogen (secondary N) is 2. The summed E-state index contributed by atoms with van der Waals surface area (Å²) < 4.78 is 11.3. The molecule has 248 valence electrons. The van der Waals surface area contributed by atoms with Crippen LogP contribution in [0.2, 0.25) is 0 Å². The Labute approximate surface area is 267 Å². The molecule has 1 saturated carbocycles. The number of rotatable bonds is 7. The van der Waals surface area contributed by atoms with Crippen molar-refractivity contribution in [1.29, 1.82) is 0 Å². The predicted molar refractivity (Wildman–Crippen MR) is 169 cm³/mol. The fraction of sp³-hybridized carbons (Fsp3) is 0.706. The SMILES string of the molecule is C[C@@H](C(=O)N[C@H](C(=O)N1C[C@H]2CCCN2C[C@H]1C(=O)N[C@@H]1CCOc2ccccc21)C1CCCCC1)N(C)C(=O)OC(C)(C)C. The summed E-state index contributed by atoms with van der Waals surface area (Å²) in [5.41, 5.74) is 0.243. The monoisotopic (exact) mass is 625 g/mol. The fourth-order valence-corrected chi connectivity index (χ4v) is 7.21. The Morgan fingerprint density at radius 2 is 1.73 bits per heavy atom. The van der Waals surface area contributed by atoms with E-state index in [1.165, 1.54) is 11.9 Å². The average molecular weight is 626 g/mol. The first-order valence-electron chi connectivity index (χ1n) is 16.8. The number of benzene rings is 1. The van der Waals surface area contributed by atoms with Crippen LogP contribution in [0.4, 0.5) is 4.79 Å². The van der Waals surface area contributed by atoms with Gasteiger partial charge in [-0.2, -0.15) is 0 Å². The van der Waals surface area contributed by atoms with Gasteiger partial charge in [0.2, 0.25) is 17.7 Å². The molecular formula is C34H51N5O6. The van der Waals surface area contributed by atoms with E-state index in [1.54, 1.807) is 32.6 Å². The third kappa shape index (κ3) is 7.73. The normalized spacial score (nSPS) is 25.2. The lowest BCUT2D eigenvalue weighted by Crippen LogP contribution is -2.66. The van der Waals surface area contributed by atoms with Crippen LogP contribution >= 0.6 is 0 Å². The number of hydrogen-bond donors (Lipinski definition) is 2. The molecular weight excluding hydrogens is 574 g/mol. The lowest BCUT2D eigenvalue weighted by Gasteiger charge is -2.45. The maximum absolute atomic E-state index is 14.6. The number of amides is 4. The van der Waals surface area contributed by atoms with E-state index in [-0.39, 0.29) is 29.8 Å². The van der Waals surface area contributed by atoms with Crippen LogP contribution in [-0.2, 0) is 19.1 Å². The van der Waals surface area contributed by atoms with Crippen LogP contribution in [-0.4, -0.2) is 102 Å². The van der Waals surface area contributed by atoms with Gasteiger partial charge in [0, 0.05) is 38.2 Å². The van der Waals surface area contributed by atoms with Gasteiger partial charge in [0.25, 0.3) is 0 Å². The Morgan fingerprint density at radius 1 is 1.00 bits per heavy atom. The Bertz CT molecular complexity index is 1240. The van der Waals surface area contributed by atoms with Gasteiger partial charge in [-0.25, -0.2) is 4.79 Å². The van der Waals surface area contributed by atoms with Crippen LogP contribution in [0, 0.1) is 5.92 Å². The van der Waals surface area contributed by atoms with Crippen LogP contribution in [0.5, 0.6) is 5.75 Å². The number of ether oxygens (including phenoxy) is 2. The number of piperazine rings is 1. The van der Waals surface area contributed by atoms with Crippen molar-refractivity contribution in [3.05, 3.63) is 29.8 Å². The highest BCUT2D eigenvalue weighted by atomic mass is 16.6. The second-order valence-electron chi connectivity index (χ2n) is 14.2. The zero-order chi connectivity index (χ0) is 32.3. The van der Waals surface area contributed by atoms with Gasteiger partial charge < -0.3 is 25.0 Å². The lowest BCUT2D eigenvalue weighted by molar-refractivity contribution is -0.150. The Kier molecular flexibility index (Phi) is 10.3. The number of likely N-dealkylation sites (N-methyl/N-ethyl adjacent to an activating group) is 1. The molecule has 4 aliphatic rings. The molecule has 1 aliphatic carbocycles. The largest absolute Gasteiger partial charge is 0.493 e. The molecule has 5 rings (SSSR count). The second-order valence-corrected chi connectivity index (χ2v) is 14.2. The van der Waals surface area contributed by atoms with E-state index in [1.807, 2.05) is 24.3 Å². The zero-order valence-corrected chi connectivity index (χ0v) is 27.5. The van der Waals surface area contributed by atoms with Crippen LogP contribution in [0.3, 0.4) is 0 Å².